The minimum absolute atomic E-state index is 0.0258. The van der Waals surface area contributed by atoms with Crippen molar-refractivity contribution in [3.63, 3.8) is 0 Å². The number of carbonyl (C=O) groups is 1. The molecule has 0 fully saturated rings. The second kappa shape index (κ2) is 5.49. The molecule has 0 bridgehead atoms. The smallest absolute Gasteiger partial charge is 0.308 e. The number of aryl methyl sites for hydroxylation is 1. The Kier molecular flexibility index (Phi) is 4.47. The van der Waals surface area contributed by atoms with Crippen molar-refractivity contribution in [1.29, 1.82) is 0 Å². The molecule has 0 aliphatic carbocycles. The van der Waals surface area contributed by atoms with Crippen molar-refractivity contribution in [1.82, 2.24) is 14.5 Å². The molecule has 1 atom stereocenters. The minimum Gasteiger partial charge on any atom is -0.481 e. The zero-order valence-electron chi connectivity index (χ0n) is 10.5. The fourth-order valence-electron chi connectivity index (χ4n) is 1.43. The molecule has 0 saturated carbocycles. The van der Waals surface area contributed by atoms with Crippen LogP contribution in [0.5, 0.6) is 0 Å². The van der Waals surface area contributed by atoms with Gasteiger partial charge in [-0.2, -0.15) is 5.10 Å². The van der Waals surface area contributed by atoms with Gasteiger partial charge in [0, 0.05) is 19.8 Å². The number of nitrogens with zero attached hydrogens (tertiary/aromatic N) is 2. The van der Waals surface area contributed by atoms with Gasteiger partial charge in [0.25, 0.3) is 0 Å². The summed E-state index contributed by atoms with van der Waals surface area (Å²) in [7, 11) is -2.09. The Hall–Kier alpha value is -1.41. The molecule has 0 aliphatic heterocycles. The van der Waals surface area contributed by atoms with Crippen molar-refractivity contribution in [2.24, 2.45) is 18.9 Å². The molecule has 18 heavy (non-hydrogen) atoms. The molecule has 0 amide bonds. The van der Waals surface area contributed by atoms with Gasteiger partial charge in [-0.25, -0.2) is 13.1 Å². The van der Waals surface area contributed by atoms with Crippen LogP contribution in [0.2, 0.25) is 0 Å². The number of sulfonamides is 1. The van der Waals surface area contributed by atoms with Crippen LogP contribution < -0.4 is 4.72 Å². The highest BCUT2D eigenvalue weighted by Gasteiger charge is 2.24. The Labute approximate surface area is 106 Å². The predicted molar refractivity (Wildman–Crippen MR) is 64.4 cm³/mol. The lowest BCUT2D eigenvalue weighted by molar-refractivity contribution is -0.142. The number of aromatic nitrogens is 2. The Morgan fingerprint density at radius 1 is 1.56 bits per heavy atom. The molecule has 0 aliphatic rings. The first-order chi connectivity index (χ1) is 8.24. The molecule has 8 heteroatoms. The van der Waals surface area contributed by atoms with E-state index < -0.39 is 21.9 Å². The number of rotatable bonds is 6. The Morgan fingerprint density at radius 2 is 2.17 bits per heavy atom. The molecule has 1 aromatic heterocycles. The van der Waals surface area contributed by atoms with Crippen molar-refractivity contribution in [2.75, 3.05) is 6.54 Å². The van der Waals surface area contributed by atoms with Gasteiger partial charge in [0.2, 0.25) is 10.0 Å². The van der Waals surface area contributed by atoms with E-state index in [1.807, 2.05) is 0 Å². The summed E-state index contributed by atoms with van der Waals surface area (Å²) in [6.07, 6.45) is 2.57. The van der Waals surface area contributed by atoms with E-state index in [1.165, 1.54) is 17.1 Å². The number of nitrogens with one attached hydrogen (secondary N) is 1. The van der Waals surface area contributed by atoms with Crippen LogP contribution >= 0.6 is 0 Å². The van der Waals surface area contributed by atoms with E-state index in [4.69, 9.17) is 5.11 Å². The molecule has 0 saturated heterocycles. The lowest BCUT2D eigenvalue weighted by Gasteiger charge is -2.16. The van der Waals surface area contributed by atoms with Gasteiger partial charge in [-0.15, -0.1) is 0 Å². The standard InChI is InChI=1S/C10H17N3O4S/c1-7(2)9(10(14)15)5-12-18(16,17)8-4-11-13(3)6-8/h4,6-7,9,12H,5H2,1-3H3,(H,14,15). The van der Waals surface area contributed by atoms with Crippen LogP contribution in [0.1, 0.15) is 13.8 Å². The topological polar surface area (TPSA) is 101 Å². The first-order valence-electron chi connectivity index (χ1n) is 5.45. The van der Waals surface area contributed by atoms with Gasteiger partial charge >= 0.3 is 5.97 Å². The fraction of sp³-hybridized carbons (Fsp3) is 0.600. The number of carboxylic acids is 1. The molecule has 1 unspecified atom stereocenters. The molecular formula is C10H17N3O4S. The third-order valence-corrected chi connectivity index (χ3v) is 3.98. The summed E-state index contributed by atoms with van der Waals surface area (Å²) < 4.78 is 27.3. The highest BCUT2D eigenvalue weighted by Crippen LogP contribution is 2.12. The molecule has 1 aromatic rings. The van der Waals surface area contributed by atoms with Crippen LogP contribution in [0.4, 0.5) is 0 Å². The van der Waals surface area contributed by atoms with Crippen molar-refractivity contribution >= 4 is 16.0 Å². The van der Waals surface area contributed by atoms with Crippen molar-refractivity contribution in [2.45, 2.75) is 18.7 Å². The van der Waals surface area contributed by atoms with E-state index in [0.717, 1.165) is 0 Å². The molecular weight excluding hydrogens is 258 g/mol. The van der Waals surface area contributed by atoms with E-state index >= 15 is 0 Å². The van der Waals surface area contributed by atoms with Gasteiger partial charge in [-0.3, -0.25) is 9.48 Å². The van der Waals surface area contributed by atoms with Gasteiger partial charge in [0.05, 0.1) is 12.1 Å². The van der Waals surface area contributed by atoms with Gasteiger partial charge in [-0.05, 0) is 5.92 Å². The quantitative estimate of drug-likeness (QED) is 0.764. The summed E-state index contributed by atoms with van der Waals surface area (Å²) >= 11 is 0. The minimum atomic E-state index is -3.70. The fourth-order valence-corrected chi connectivity index (χ4v) is 2.47. The summed E-state index contributed by atoms with van der Waals surface area (Å²) in [6, 6.07) is 0. The molecule has 0 spiro atoms. The lowest BCUT2D eigenvalue weighted by Crippen LogP contribution is -2.35. The largest absolute Gasteiger partial charge is 0.481 e. The third-order valence-electron chi connectivity index (χ3n) is 2.61. The SMILES string of the molecule is CC(C)C(CNS(=O)(=O)c1cnn(C)c1)C(=O)O. The zero-order chi connectivity index (χ0) is 13.9. The van der Waals surface area contributed by atoms with Crippen LogP contribution in [0, 0.1) is 11.8 Å². The molecule has 1 heterocycles. The van der Waals surface area contributed by atoms with Crippen LogP contribution in [0.25, 0.3) is 0 Å². The maximum atomic E-state index is 11.8. The van der Waals surface area contributed by atoms with Crippen molar-refractivity contribution in [3.05, 3.63) is 12.4 Å². The van der Waals surface area contributed by atoms with Gasteiger partial charge in [0.1, 0.15) is 4.90 Å². The van der Waals surface area contributed by atoms with E-state index in [9.17, 15) is 13.2 Å². The zero-order valence-corrected chi connectivity index (χ0v) is 11.3. The van der Waals surface area contributed by atoms with Gasteiger partial charge in [-0.1, -0.05) is 13.8 Å². The normalized spacial score (nSPS) is 13.8. The number of aliphatic carboxylic acids is 1. The summed E-state index contributed by atoms with van der Waals surface area (Å²) in [5.74, 6) is -1.92. The van der Waals surface area contributed by atoms with E-state index in [1.54, 1.807) is 20.9 Å². The highest BCUT2D eigenvalue weighted by molar-refractivity contribution is 7.89. The first-order valence-corrected chi connectivity index (χ1v) is 6.93. The molecule has 1 rings (SSSR count). The summed E-state index contributed by atoms with van der Waals surface area (Å²) in [4.78, 5) is 11.0. The Balaban J connectivity index is 2.76. The predicted octanol–water partition coefficient (Wildman–Crippen LogP) is 0.0552. The summed E-state index contributed by atoms with van der Waals surface area (Å²) in [6.45, 7) is 3.33. The summed E-state index contributed by atoms with van der Waals surface area (Å²) in [5.41, 5.74) is 0. The third kappa shape index (κ3) is 3.54. The van der Waals surface area contributed by atoms with Crippen LogP contribution in [-0.2, 0) is 21.9 Å². The van der Waals surface area contributed by atoms with Crippen LogP contribution in [-0.4, -0.2) is 35.8 Å². The molecule has 7 nitrogen and oxygen atoms in total. The average molecular weight is 275 g/mol. The highest BCUT2D eigenvalue weighted by atomic mass is 32.2. The van der Waals surface area contributed by atoms with E-state index in [2.05, 4.69) is 9.82 Å². The van der Waals surface area contributed by atoms with Crippen LogP contribution in [0.3, 0.4) is 0 Å². The second-order valence-electron chi connectivity index (χ2n) is 4.39. The second-order valence-corrected chi connectivity index (χ2v) is 6.16. The van der Waals surface area contributed by atoms with Gasteiger partial charge in [0.15, 0.2) is 0 Å². The molecule has 0 radical (unpaired) electrons. The van der Waals surface area contributed by atoms with E-state index in [-0.39, 0.29) is 17.4 Å². The number of hydrogen-bond acceptors (Lipinski definition) is 4. The van der Waals surface area contributed by atoms with Crippen molar-refractivity contribution < 1.29 is 18.3 Å². The molecule has 0 aromatic carbocycles. The maximum Gasteiger partial charge on any atom is 0.308 e. The number of hydrogen-bond donors (Lipinski definition) is 2. The Morgan fingerprint density at radius 3 is 2.56 bits per heavy atom. The van der Waals surface area contributed by atoms with Crippen LogP contribution in [0.15, 0.2) is 17.3 Å². The monoisotopic (exact) mass is 275 g/mol. The first kappa shape index (κ1) is 14.7. The number of carboxylic acid groups (broad SMARTS) is 1. The average Bonchev–Trinajstić information content (AvgIpc) is 2.64. The molecule has 2 N–H and O–H groups in total. The maximum absolute atomic E-state index is 11.8. The molecule has 102 valence electrons. The lowest BCUT2D eigenvalue weighted by atomic mass is 9.97. The summed E-state index contributed by atoms with van der Waals surface area (Å²) in [5, 5.41) is 12.7. The van der Waals surface area contributed by atoms with Gasteiger partial charge < -0.3 is 5.11 Å². The van der Waals surface area contributed by atoms with E-state index in [0.29, 0.717) is 0 Å². The van der Waals surface area contributed by atoms with Crippen molar-refractivity contribution in [3.8, 4) is 0 Å². The Bertz CT molecular complexity index is 521.